The maximum absolute atomic E-state index is 2.63. The van der Waals surface area contributed by atoms with Crippen molar-refractivity contribution in [3.8, 4) is 0 Å². The van der Waals surface area contributed by atoms with Crippen LogP contribution in [0.2, 0.25) is 9.26 Å². The molecule has 3 rings (SSSR count). The fourth-order valence-electron chi connectivity index (χ4n) is 3.17. The SMILES string of the molecule is Cl.Cl.[CH3][Zr]([CH3])([C]1=CC=CC1)=[Si](c1ccccc1)c1ccccc1. The van der Waals surface area contributed by atoms with Gasteiger partial charge in [-0.25, -0.2) is 0 Å². The Morgan fingerprint density at radius 2 is 1.26 bits per heavy atom. The van der Waals surface area contributed by atoms with E-state index in [0.717, 1.165) is 0 Å². The van der Waals surface area contributed by atoms with Gasteiger partial charge < -0.3 is 0 Å². The van der Waals surface area contributed by atoms with Crippen LogP contribution in [-0.2, 0) is 18.9 Å². The van der Waals surface area contributed by atoms with Gasteiger partial charge in [-0.15, -0.1) is 24.8 Å². The molecule has 0 unspecified atom stereocenters. The molecule has 0 nitrogen and oxygen atoms in total. The van der Waals surface area contributed by atoms with Crippen molar-refractivity contribution in [1.82, 2.24) is 0 Å². The van der Waals surface area contributed by atoms with Crippen LogP contribution in [0.4, 0.5) is 0 Å². The molecule has 2 aromatic carbocycles. The van der Waals surface area contributed by atoms with E-state index in [4.69, 9.17) is 0 Å². The molecular formula is C19H23Cl2SiZr. The normalized spacial score (nSPS) is 12.9. The number of allylic oxidation sites excluding steroid dienone is 4. The van der Waals surface area contributed by atoms with Gasteiger partial charge in [0.1, 0.15) is 0 Å². The van der Waals surface area contributed by atoms with E-state index in [0.29, 0.717) is 0 Å². The topological polar surface area (TPSA) is 0 Å². The van der Waals surface area contributed by atoms with Crippen molar-refractivity contribution in [2.45, 2.75) is 15.7 Å². The summed E-state index contributed by atoms with van der Waals surface area (Å²) in [6.07, 6.45) is 8.18. The minimum absolute atomic E-state index is 0. The monoisotopic (exact) mass is 439 g/mol. The first-order chi connectivity index (χ1) is 10.2. The Bertz CT molecular complexity index is 702. The third-order valence-corrected chi connectivity index (χ3v) is 27.6. The zero-order valence-electron chi connectivity index (χ0n) is 13.5. The fourth-order valence-corrected chi connectivity index (χ4v) is 25.7. The van der Waals surface area contributed by atoms with Crippen LogP contribution in [0.25, 0.3) is 0 Å². The van der Waals surface area contributed by atoms with Crippen molar-refractivity contribution in [2.24, 2.45) is 0 Å². The van der Waals surface area contributed by atoms with Crippen molar-refractivity contribution in [3.05, 3.63) is 82.2 Å². The first kappa shape index (κ1) is 20.6. The van der Waals surface area contributed by atoms with E-state index in [1.807, 2.05) is 0 Å². The fraction of sp³-hybridized carbons (Fsp3) is 0.158. The van der Waals surface area contributed by atoms with Gasteiger partial charge in [0.15, 0.2) is 0 Å². The average molecular weight is 442 g/mol. The zero-order valence-corrected chi connectivity index (χ0v) is 18.6. The van der Waals surface area contributed by atoms with Crippen LogP contribution in [0.15, 0.2) is 82.2 Å². The molecule has 1 aliphatic carbocycles. The molecule has 0 fully saturated rings. The predicted octanol–water partition coefficient (Wildman–Crippen LogP) is 4.73. The summed E-state index contributed by atoms with van der Waals surface area (Å²) in [6.45, 7) is 0. The Hall–Kier alpha value is -0.400. The Labute approximate surface area is 156 Å². The van der Waals surface area contributed by atoms with Crippen molar-refractivity contribution in [3.63, 3.8) is 0 Å². The molecule has 0 atom stereocenters. The van der Waals surface area contributed by atoms with Gasteiger partial charge in [-0.2, -0.15) is 0 Å². The van der Waals surface area contributed by atoms with Crippen LogP contribution in [0.1, 0.15) is 6.42 Å². The van der Waals surface area contributed by atoms with E-state index in [1.165, 1.54) is 6.42 Å². The molecule has 23 heavy (non-hydrogen) atoms. The third-order valence-electron chi connectivity index (χ3n) is 4.32. The Morgan fingerprint density at radius 3 is 1.65 bits per heavy atom. The van der Waals surface area contributed by atoms with Gasteiger partial charge in [0.2, 0.25) is 0 Å². The second-order valence-electron chi connectivity index (χ2n) is 6.06. The number of benzene rings is 2. The van der Waals surface area contributed by atoms with E-state index in [9.17, 15) is 0 Å². The van der Waals surface area contributed by atoms with Crippen LogP contribution >= 0.6 is 24.8 Å². The second-order valence-corrected chi connectivity index (χ2v) is 28.6. The van der Waals surface area contributed by atoms with Crippen molar-refractivity contribution in [1.29, 1.82) is 0 Å². The number of rotatable bonds is 3. The molecule has 0 saturated heterocycles. The predicted molar refractivity (Wildman–Crippen MR) is 106 cm³/mol. The minimum atomic E-state index is -2.34. The summed E-state index contributed by atoms with van der Waals surface area (Å²) in [5.74, 6) is 0. The van der Waals surface area contributed by atoms with Crippen LogP contribution < -0.4 is 10.4 Å². The van der Waals surface area contributed by atoms with Gasteiger partial charge in [0, 0.05) is 0 Å². The van der Waals surface area contributed by atoms with Crippen molar-refractivity contribution >= 4 is 40.6 Å². The molecule has 0 saturated carbocycles. The van der Waals surface area contributed by atoms with Crippen LogP contribution in [-0.4, -0.2) is 5.43 Å². The average Bonchev–Trinajstić information content (AvgIpc) is 3.04. The van der Waals surface area contributed by atoms with E-state index >= 15 is 0 Å². The molecule has 0 aliphatic heterocycles. The first-order valence-electron chi connectivity index (χ1n) is 7.54. The van der Waals surface area contributed by atoms with Gasteiger partial charge >= 0.3 is 133 Å². The molecule has 0 heterocycles. The Morgan fingerprint density at radius 1 is 0.783 bits per heavy atom. The molecule has 121 valence electrons. The molecule has 2 aromatic rings. The summed E-state index contributed by atoms with van der Waals surface area (Å²) < 4.78 is 7.02. The zero-order chi connectivity index (χ0) is 14.7. The summed E-state index contributed by atoms with van der Waals surface area (Å²) >= 11 is -2.34. The molecule has 0 bridgehead atoms. The number of hydrogen-bond acceptors (Lipinski definition) is 0. The molecule has 0 N–H and O–H groups in total. The number of halogens is 2. The Kier molecular flexibility index (Phi) is 8.24. The summed E-state index contributed by atoms with van der Waals surface area (Å²) in [5, 5.41) is 3.17. The van der Waals surface area contributed by atoms with E-state index in [1.54, 1.807) is 13.7 Å². The van der Waals surface area contributed by atoms with Crippen molar-refractivity contribution in [2.75, 3.05) is 0 Å². The molecular weight excluding hydrogens is 418 g/mol. The van der Waals surface area contributed by atoms with Gasteiger partial charge in [-0.05, 0) is 0 Å². The Balaban J connectivity index is 0.00000132. The van der Waals surface area contributed by atoms with E-state index in [2.05, 4.69) is 88.2 Å². The maximum atomic E-state index is 2.63. The standard InChI is InChI=1S/C12H10Si.C5H5.2CH3.2ClH.Zr/c1-3-7-11(8-4-1)13-12-9-5-2-6-10-12;1-2-4-5-3-1;;;;;/h1-10H;1-3H,4H2;2*1H3;2*1H;. The second kappa shape index (κ2) is 9.18. The number of hydrogen-bond donors (Lipinski definition) is 0. The first-order valence-corrected chi connectivity index (χ1v) is 18.9. The van der Waals surface area contributed by atoms with Gasteiger partial charge in [-0.3, -0.25) is 0 Å². The molecule has 0 aromatic heterocycles. The summed E-state index contributed by atoms with van der Waals surface area (Å²) in [4.78, 5) is 0. The van der Waals surface area contributed by atoms with Gasteiger partial charge in [-0.1, -0.05) is 0 Å². The molecule has 0 radical (unpaired) electrons. The van der Waals surface area contributed by atoms with Crippen LogP contribution in [0, 0.1) is 0 Å². The third kappa shape index (κ3) is 4.57. The van der Waals surface area contributed by atoms with Crippen molar-refractivity contribution < 1.29 is 18.9 Å². The van der Waals surface area contributed by atoms with Gasteiger partial charge in [0.25, 0.3) is 0 Å². The van der Waals surface area contributed by atoms with Crippen LogP contribution in [0.5, 0.6) is 0 Å². The van der Waals surface area contributed by atoms with Crippen LogP contribution in [0.3, 0.4) is 0 Å². The quantitative estimate of drug-likeness (QED) is 0.604. The summed E-state index contributed by atoms with van der Waals surface area (Å²) in [7, 11) is 0. The molecule has 4 heteroatoms. The molecule has 0 spiro atoms. The molecule has 0 amide bonds. The summed E-state index contributed by atoms with van der Waals surface area (Å²) in [6, 6.07) is 22.5. The summed E-state index contributed by atoms with van der Waals surface area (Å²) in [5.41, 5.74) is -0.657. The molecule has 1 aliphatic rings. The van der Waals surface area contributed by atoms with E-state index < -0.39 is 24.3 Å². The van der Waals surface area contributed by atoms with E-state index in [-0.39, 0.29) is 24.8 Å². The van der Waals surface area contributed by atoms with Gasteiger partial charge in [0.05, 0.1) is 0 Å².